The molecule has 0 bridgehead atoms. The van der Waals surface area contributed by atoms with Gasteiger partial charge in [-0.15, -0.1) is 11.3 Å². The van der Waals surface area contributed by atoms with E-state index in [9.17, 15) is 0 Å². The molecule has 57 heavy (non-hydrogen) atoms. The molecule has 0 radical (unpaired) electrons. The van der Waals surface area contributed by atoms with Gasteiger partial charge in [-0.25, -0.2) is 4.98 Å². The molecule has 0 atom stereocenters. The highest BCUT2D eigenvalue weighted by Gasteiger charge is 2.18. The Morgan fingerprint density at radius 2 is 1.00 bits per heavy atom. The fraction of sp³-hybridized carbons (Fsp3) is 0. The smallest absolute Gasteiger partial charge is 0.137 e. The first-order chi connectivity index (χ1) is 28.2. The maximum absolute atomic E-state index is 6.39. The summed E-state index contributed by atoms with van der Waals surface area (Å²) in [5.41, 5.74) is 14.2. The molecule has 0 saturated heterocycles. The van der Waals surface area contributed by atoms with Crippen molar-refractivity contribution in [2.24, 2.45) is 0 Å². The fourth-order valence-corrected chi connectivity index (χ4v) is 9.23. The minimum absolute atomic E-state index is 0.878. The highest BCUT2D eigenvalue weighted by molar-refractivity contribution is 7.22. The van der Waals surface area contributed by atoms with Gasteiger partial charge in [-0.1, -0.05) is 146 Å². The number of hydrogen-bond acceptors (Lipinski definition) is 4. The van der Waals surface area contributed by atoms with Crippen molar-refractivity contribution in [3.05, 3.63) is 206 Å². The van der Waals surface area contributed by atoms with Crippen LogP contribution in [0.5, 0.6) is 0 Å². The van der Waals surface area contributed by atoms with Gasteiger partial charge in [0.15, 0.2) is 0 Å². The molecule has 0 N–H and O–H groups in total. The Morgan fingerprint density at radius 1 is 0.404 bits per heavy atom. The molecule has 11 aromatic rings. The highest BCUT2D eigenvalue weighted by atomic mass is 32.1. The summed E-state index contributed by atoms with van der Waals surface area (Å²) >= 11 is 1.72. The zero-order valence-electron chi connectivity index (χ0n) is 30.8. The standard InChI is InChI=1S/C53H34N2OS/c1-3-11-35(12-4-1)36-21-26-42(27-22-36)55(44-18-9-17-41(33-44)46-20-10-16-38-13-7-8-19-45(38)46)43-28-23-37(24-29-43)40-25-31-49-47(34-40)51-50(56-49)32-30-48-52(51)57-53(54-48)39-14-5-2-6-15-39/h1-34H. The van der Waals surface area contributed by atoms with Crippen LogP contribution in [0.2, 0.25) is 0 Å². The zero-order chi connectivity index (χ0) is 37.7. The molecule has 268 valence electrons. The van der Waals surface area contributed by atoms with E-state index in [4.69, 9.17) is 9.40 Å². The predicted molar refractivity (Wildman–Crippen MR) is 241 cm³/mol. The average Bonchev–Trinajstić information content (AvgIpc) is 3.89. The molecule has 2 heterocycles. The number of benzene rings is 9. The summed E-state index contributed by atoms with van der Waals surface area (Å²) in [5, 5.41) is 5.72. The summed E-state index contributed by atoms with van der Waals surface area (Å²) in [6.07, 6.45) is 0. The molecule has 9 aromatic carbocycles. The van der Waals surface area contributed by atoms with E-state index < -0.39 is 0 Å². The first-order valence-electron chi connectivity index (χ1n) is 19.2. The Kier molecular flexibility index (Phi) is 8.01. The van der Waals surface area contributed by atoms with Gasteiger partial charge in [0.2, 0.25) is 0 Å². The van der Waals surface area contributed by atoms with Gasteiger partial charge in [-0.05, 0) is 105 Å². The number of hydrogen-bond donors (Lipinski definition) is 0. The number of nitrogens with zero attached hydrogens (tertiary/aromatic N) is 2. The fourth-order valence-electron chi connectivity index (χ4n) is 8.10. The monoisotopic (exact) mass is 746 g/mol. The molecule has 0 aliphatic rings. The maximum atomic E-state index is 6.39. The van der Waals surface area contributed by atoms with Gasteiger partial charge in [-0.3, -0.25) is 0 Å². The first-order valence-corrected chi connectivity index (χ1v) is 20.0. The van der Waals surface area contributed by atoms with Crippen LogP contribution in [-0.2, 0) is 0 Å². The average molecular weight is 747 g/mol. The van der Waals surface area contributed by atoms with Crippen LogP contribution in [0, 0.1) is 0 Å². The van der Waals surface area contributed by atoms with Crippen LogP contribution in [0.15, 0.2) is 211 Å². The molecular formula is C53H34N2OS. The SMILES string of the molecule is c1ccc(-c2ccc(N(c3ccc(-c4ccc5oc6ccc7nc(-c8ccccc8)sc7c6c5c4)cc3)c3cccc(-c4cccc5ccccc45)c3)cc2)cc1. The Labute approximate surface area is 334 Å². The van der Waals surface area contributed by atoms with E-state index in [0.717, 1.165) is 70.9 Å². The molecule has 0 saturated carbocycles. The van der Waals surface area contributed by atoms with E-state index in [-0.39, 0.29) is 0 Å². The van der Waals surface area contributed by atoms with Gasteiger partial charge in [0, 0.05) is 33.4 Å². The predicted octanol–water partition coefficient (Wildman–Crippen LogP) is 15.5. The molecule has 2 aromatic heterocycles. The Balaban J connectivity index is 0.998. The van der Waals surface area contributed by atoms with Crippen molar-refractivity contribution in [3.63, 3.8) is 0 Å². The summed E-state index contributed by atoms with van der Waals surface area (Å²) in [6.45, 7) is 0. The van der Waals surface area contributed by atoms with Crippen LogP contribution >= 0.6 is 11.3 Å². The van der Waals surface area contributed by atoms with Crippen LogP contribution in [-0.4, -0.2) is 4.98 Å². The van der Waals surface area contributed by atoms with Crippen LogP contribution in [0.25, 0.3) is 86.9 Å². The molecule has 0 fully saturated rings. The highest BCUT2D eigenvalue weighted by Crippen LogP contribution is 2.43. The second-order valence-electron chi connectivity index (χ2n) is 14.4. The maximum Gasteiger partial charge on any atom is 0.137 e. The van der Waals surface area contributed by atoms with Gasteiger partial charge in [0.05, 0.1) is 10.2 Å². The summed E-state index contributed by atoms with van der Waals surface area (Å²) in [4.78, 5) is 7.36. The third-order valence-corrected chi connectivity index (χ3v) is 12.0. The largest absolute Gasteiger partial charge is 0.456 e. The van der Waals surface area contributed by atoms with E-state index in [1.54, 1.807) is 11.3 Å². The molecule has 0 spiro atoms. The molecular weight excluding hydrogens is 713 g/mol. The van der Waals surface area contributed by atoms with Gasteiger partial charge < -0.3 is 9.32 Å². The second-order valence-corrected chi connectivity index (χ2v) is 15.4. The molecule has 0 unspecified atom stereocenters. The van der Waals surface area contributed by atoms with Crippen LogP contribution in [0.3, 0.4) is 0 Å². The van der Waals surface area contributed by atoms with Crippen molar-refractivity contribution in [3.8, 4) is 44.0 Å². The summed E-state index contributed by atoms with van der Waals surface area (Å²) in [5.74, 6) is 0. The molecule has 0 aliphatic carbocycles. The topological polar surface area (TPSA) is 29.3 Å². The minimum Gasteiger partial charge on any atom is -0.456 e. The van der Waals surface area contributed by atoms with Crippen molar-refractivity contribution >= 4 is 71.3 Å². The molecule has 11 rings (SSSR count). The summed E-state index contributed by atoms with van der Waals surface area (Å²) in [7, 11) is 0. The van der Waals surface area contributed by atoms with Gasteiger partial charge in [0.25, 0.3) is 0 Å². The van der Waals surface area contributed by atoms with Crippen molar-refractivity contribution in [1.29, 1.82) is 0 Å². The normalized spacial score (nSPS) is 11.5. The number of rotatable bonds is 7. The number of furan rings is 1. The van der Waals surface area contributed by atoms with E-state index >= 15 is 0 Å². The molecule has 0 aliphatic heterocycles. The summed E-state index contributed by atoms with van der Waals surface area (Å²) < 4.78 is 7.54. The van der Waals surface area contributed by atoms with E-state index in [0.29, 0.717) is 0 Å². The lowest BCUT2D eigenvalue weighted by Crippen LogP contribution is -2.10. The Bertz CT molecular complexity index is 3210. The van der Waals surface area contributed by atoms with E-state index in [2.05, 4.69) is 205 Å². The van der Waals surface area contributed by atoms with Crippen molar-refractivity contribution in [1.82, 2.24) is 4.98 Å². The Hall–Kier alpha value is -7.27. The second kappa shape index (κ2) is 13.8. The molecule has 4 heteroatoms. The lowest BCUT2D eigenvalue weighted by Gasteiger charge is -2.26. The van der Waals surface area contributed by atoms with Crippen molar-refractivity contribution in [2.75, 3.05) is 4.90 Å². The number of anilines is 3. The van der Waals surface area contributed by atoms with Gasteiger partial charge in [0.1, 0.15) is 16.2 Å². The summed E-state index contributed by atoms with van der Waals surface area (Å²) in [6, 6.07) is 73.5. The Morgan fingerprint density at radius 3 is 1.77 bits per heavy atom. The minimum atomic E-state index is 0.878. The number of fused-ring (bicyclic) bond motifs is 6. The lowest BCUT2D eigenvalue weighted by atomic mass is 9.97. The van der Waals surface area contributed by atoms with Crippen molar-refractivity contribution in [2.45, 2.75) is 0 Å². The number of aromatic nitrogens is 1. The molecule has 0 amide bonds. The van der Waals surface area contributed by atoms with E-state index in [1.165, 1.54) is 33.0 Å². The van der Waals surface area contributed by atoms with Crippen molar-refractivity contribution < 1.29 is 4.42 Å². The third kappa shape index (κ3) is 5.95. The van der Waals surface area contributed by atoms with Crippen LogP contribution < -0.4 is 4.90 Å². The first kappa shape index (κ1) is 33.1. The molecule has 3 nitrogen and oxygen atoms in total. The quantitative estimate of drug-likeness (QED) is 0.163. The van der Waals surface area contributed by atoms with Crippen LogP contribution in [0.4, 0.5) is 17.1 Å². The lowest BCUT2D eigenvalue weighted by molar-refractivity contribution is 0.669. The van der Waals surface area contributed by atoms with Crippen LogP contribution in [0.1, 0.15) is 0 Å². The van der Waals surface area contributed by atoms with Gasteiger partial charge in [-0.2, -0.15) is 0 Å². The van der Waals surface area contributed by atoms with Gasteiger partial charge >= 0.3 is 0 Å². The third-order valence-electron chi connectivity index (χ3n) is 10.9. The zero-order valence-corrected chi connectivity index (χ0v) is 31.7. The van der Waals surface area contributed by atoms with E-state index in [1.807, 2.05) is 6.07 Å². The number of thiazole rings is 1.